The average molecular weight is 593 g/mol. The summed E-state index contributed by atoms with van der Waals surface area (Å²) < 4.78 is 12.0. The van der Waals surface area contributed by atoms with Crippen LogP contribution in [0.2, 0.25) is 5.02 Å². The first-order valence-corrected chi connectivity index (χ1v) is 15.1. The number of halogens is 1. The van der Waals surface area contributed by atoms with Gasteiger partial charge in [-0.15, -0.1) is 0 Å². The molecule has 0 radical (unpaired) electrons. The minimum Gasteiger partial charge on any atom is -0.489 e. The van der Waals surface area contributed by atoms with E-state index in [1.54, 1.807) is 18.2 Å². The van der Waals surface area contributed by atoms with Crippen molar-refractivity contribution in [2.45, 2.75) is 51.7 Å². The van der Waals surface area contributed by atoms with Gasteiger partial charge in [-0.3, -0.25) is 9.69 Å². The van der Waals surface area contributed by atoms with Crippen LogP contribution < -0.4 is 10.1 Å². The maximum Gasteiger partial charge on any atom is 0.251 e. The molecule has 0 spiro atoms. The van der Waals surface area contributed by atoms with Crippen LogP contribution in [0.3, 0.4) is 0 Å². The summed E-state index contributed by atoms with van der Waals surface area (Å²) in [5.41, 5.74) is 1.58. The summed E-state index contributed by atoms with van der Waals surface area (Å²) in [7, 11) is 0. The highest BCUT2D eigenvalue weighted by Crippen LogP contribution is 2.55. The molecular weight excluding hydrogens is 552 g/mol. The monoisotopic (exact) mass is 592 g/mol. The van der Waals surface area contributed by atoms with Crippen molar-refractivity contribution in [3.8, 4) is 11.8 Å². The predicted molar refractivity (Wildman–Crippen MR) is 162 cm³/mol. The number of carbonyl (C=O) groups excluding carboxylic acids is 2. The number of hydrogen-bond acceptors (Lipinski definition) is 7. The first kappa shape index (κ1) is 30.5. The number of benzene rings is 2. The molecule has 0 aromatic heterocycles. The Morgan fingerprint density at radius 2 is 1.71 bits per heavy atom. The number of rotatable bonds is 10. The molecule has 2 saturated heterocycles. The van der Waals surface area contributed by atoms with E-state index in [1.807, 2.05) is 12.1 Å². The van der Waals surface area contributed by atoms with Gasteiger partial charge in [0, 0.05) is 60.1 Å². The second-order valence-corrected chi connectivity index (χ2v) is 13.6. The Bertz CT molecular complexity index is 1320. The molecule has 0 unspecified atom stereocenters. The van der Waals surface area contributed by atoms with Gasteiger partial charge in [0.1, 0.15) is 24.2 Å². The van der Waals surface area contributed by atoms with Crippen molar-refractivity contribution in [2.75, 3.05) is 52.5 Å². The Balaban J connectivity index is 1.19. The normalized spacial score (nSPS) is 24.5. The quantitative estimate of drug-likeness (QED) is 0.411. The number of amides is 1. The summed E-state index contributed by atoms with van der Waals surface area (Å²) in [6, 6.07) is 15.1. The molecule has 2 aromatic rings. The Labute approximate surface area is 253 Å². The second kappa shape index (κ2) is 12.0. The third-order valence-electron chi connectivity index (χ3n) is 9.65. The van der Waals surface area contributed by atoms with Gasteiger partial charge >= 0.3 is 0 Å². The molecule has 3 aliphatic rings. The molecule has 0 bridgehead atoms. The minimum atomic E-state index is -0.328. The van der Waals surface area contributed by atoms with Crippen molar-refractivity contribution in [1.82, 2.24) is 15.1 Å². The van der Waals surface area contributed by atoms with Crippen LogP contribution in [0.5, 0.6) is 5.75 Å². The number of piperazine rings is 1. The zero-order valence-electron chi connectivity index (χ0n) is 25.0. The van der Waals surface area contributed by atoms with Crippen LogP contribution in [0.1, 0.15) is 55.6 Å². The highest BCUT2D eigenvalue weighted by Gasteiger charge is 2.64. The van der Waals surface area contributed by atoms with E-state index in [1.165, 1.54) is 5.56 Å². The number of nitriles is 1. The van der Waals surface area contributed by atoms with E-state index in [0.29, 0.717) is 41.7 Å². The molecule has 2 heterocycles. The van der Waals surface area contributed by atoms with Crippen molar-refractivity contribution in [3.05, 3.63) is 64.2 Å². The molecule has 1 aliphatic carbocycles. The molecular formula is C33H41ClN4O4. The topological polar surface area (TPSA) is 94.9 Å². The fraction of sp³-hybridized carbons (Fsp3) is 0.545. The highest BCUT2D eigenvalue weighted by molar-refractivity contribution is 6.31. The van der Waals surface area contributed by atoms with Gasteiger partial charge < -0.3 is 24.5 Å². The molecule has 1 N–H and O–H groups in total. The van der Waals surface area contributed by atoms with Gasteiger partial charge in [0.25, 0.3) is 5.91 Å². The number of nitrogens with zero attached hydrogens (tertiary/aromatic N) is 3. The second-order valence-electron chi connectivity index (χ2n) is 13.2. The third-order valence-corrected chi connectivity index (χ3v) is 9.96. The summed E-state index contributed by atoms with van der Waals surface area (Å²) in [6.07, 6.45) is 1.82. The third kappa shape index (κ3) is 5.80. The van der Waals surface area contributed by atoms with Gasteiger partial charge in [-0.25, -0.2) is 0 Å². The Morgan fingerprint density at radius 3 is 2.26 bits per heavy atom. The van der Waals surface area contributed by atoms with E-state index in [4.69, 9.17) is 26.3 Å². The lowest BCUT2D eigenvalue weighted by Crippen LogP contribution is -2.74. The van der Waals surface area contributed by atoms with E-state index in [9.17, 15) is 9.59 Å². The van der Waals surface area contributed by atoms with E-state index in [-0.39, 0.29) is 34.3 Å². The van der Waals surface area contributed by atoms with E-state index in [0.717, 1.165) is 45.4 Å². The van der Waals surface area contributed by atoms with Gasteiger partial charge in [0.2, 0.25) is 0 Å². The van der Waals surface area contributed by atoms with Gasteiger partial charge in [-0.05, 0) is 42.8 Å². The van der Waals surface area contributed by atoms with Gasteiger partial charge in [-0.1, -0.05) is 51.4 Å². The van der Waals surface area contributed by atoms with Crippen molar-refractivity contribution in [1.29, 1.82) is 5.26 Å². The van der Waals surface area contributed by atoms with Crippen LogP contribution in [-0.2, 0) is 14.9 Å². The molecule has 42 heavy (non-hydrogen) atoms. The van der Waals surface area contributed by atoms with Crippen molar-refractivity contribution >= 4 is 23.8 Å². The molecule has 1 saturated carbocycles. The lowest BCUT2D eigenvalue weighted by atomic mass is 9.49. The number of ether oxygens (including phenoxy) is 2. The van der Waals surface area contributed by atoms with E-state index < -0.39 is 0 Å². The molecule has 2 aliphatic heterocycles. The van der Waals surface area contributed by atoms with Crippen LogP contribution in [0.15, 0.2) is 42.5 Å². The van der Waals surface area contributed by atoms with Gasteiger partial charge in [0.05, 0.1) is 30.3 Å². The summed E-state index contributed by atoms with van der Waals surface area (Å²) in [5.74, 6) is 0.513. The zero-order chi connectivity index (χ0) is 30.1. The molecule has 0 atom stereocenters. The smallest absolute Gasteiger partial charge is 0.251 e. The number of carbonyl (C=O) groups is 2. The maximum absolute atomic E-state index is 13.4. The standard InChI is InChI=1S/C33H41ClN4O4/c1-31(2)29(32(3,4)30(31)42-26-10-7-24(20-35)27(34)19-26)36-28(40)23-5-8-25(9-6-23)33(21-41-22-33)11-12-37-13-15-38(16-14-37)17-18-39/h5-10,18-19,29-30H,11-17,21-22H2,1-4H3,(H,36,40). The molecule has 1 amide bonds. The average Bonchev–Trinajstić information content (AvgIpc) is 2.95. The molecule has 9 heteroatoms. The van der Waals surface area contributed by atoms with Crippen LogP contribution >= 0.6 is 11.6 Å². The minimum absolute atomic E-state index is 0.0220. The highest BCUT2D eigenvalue weighted by atomic mass is 35.5. The lowest BCUT2D eigenvalue weighted by Gasteiger charge is -2.63. The number of hydrogen-bond donors (Lipinski definition) is 1. The Kier molecular flexibility index (Phi) is 8.69. The van der Waals surface area contributed by atoms with Gasteiger partial charge in [-0.2, -0.15) is 5.26 Å². The summed E-state index contributed by atoms with van der Waals surface area (Å²) in [6.45, 7) is 15.1. The molecule has 5 rings (SSSR count). The zero-order valence-corrected chi connectivity index (χ0v) is 25.7. The predicted octanol–water partition coefficient (Wildman–Crippen LogP) is 4.30. The SMILES string of the molecule is CC1(C)C(NC(=O)c2ccc(C3(CCN4CCN(CC=O)CC4)COC3)cc2)C(C)(C)C1Oc1ccc(C#N)c(Cl)c1. The van der Waals surface area contributed by atoms with Crippen molar-refractivity contribution < 1.29 is 19.1 Å². The molecule has 224 valence electrons. The number of aldehydes is 1. The summed E-state index contributed by atoms with van der Waals surface area (Å²) >= 11 is 6.22. The lowest BCUT2D eigenvalue weighted by molar-refractivity contribution is -0.164. The first-order valence-electron chi connectivity index (χ1n) is 14.7. The Morgan fingerprint density at radius 1 is 1.07 bits per heavy atom. The van der Waals surface area contributed by atoms with Crippen LogP contribution in [0.4, 0.5) is 0 Å². The number of nitrogens with one attached hydrogen (secondary N) is 1. The Hall–Kier alpha value is -2.96. The largest absolute Gasteiger partial charge is 0.489 e. The van der Waals surface area contributed by atoms with Crippen LogP contribution in [0, 0.1) is 22.2 Å². The molecule has 3 fully saturated rings. The fourth-order valence-electron chi connectivity index (χ4n) is 7.26. The van der Waals surface area contributed by atoms with Crippen LogP contribution in [0.25, 0.3) is 0 Å². The van der Waals surface area contributed by atoms with Crippen molar-refractivity contribution in [3.63, 3.8) is 0 Å². The summed E-state index contributed by atoms with van der Waals surface area (Å²) in [5, 5.41) is 12.8. The summed E-state index contributed by atoms with van der Waals surface area (Å²) in [4.78, 5) is 28.9. The van der Waals surface area contributed by atoms with Crippen LogP contribution in [-0.4, -0.2) is 86.6 Å². The first-order chi connectivity index (χ1) is 20.0. The maximum atomic E-state index is 13.4. The van der Waals surface area contributed by atoms with Gasteiger partial charge in [0.15, 0.2) is 0 Å². The fourth-order valence-corrected chi connectivity index (χ4v) is 7.47. The molecule has 8 nitrogen and oxygen atoms in total. The molecule has 2 aromatic carbocycles. The van der Waals surface area contributed by atoms with Crippen molar-refractivity contribution in [2.24, 2.45) is 10.8 Å². The van der Waals surface area contributed by atoms with E-state index >= 15 is 0 Å². The van der Waals surface area contributed by atoms with E-state index in [2.05, 4.69) is 61.0 Å².